The first kappa shape index (κ1) is 30.6. The molecule has 0 spiro atoms. The molecule has 0 unspecified atom stereocenters. The quantitative estimate of drug-likeness (QED) is 0.182. The van der Waals surface area contributed by atoms with E-state index in [0.717, 1.165) is 28.8 Å². The van der Waals surface area contributed by atoms with Crippen molar-refractivity contribution in [2.24, 2.45) is 0 Å². The van der Waals surface area contributed by atoms with Gasteiger partial charge in [-0.3, -0.25) is 4.79 Å². The van der Waals surface area contributed by atoms with Crippen molar-refractivity contribution in [3.05, 3.63) is 87.8 Å². The van der Waals surface area contributed by atoms with Gasteiger partial charge in [-0.1, -0.05) is 40.3 Å². The molecule has 4 aromatic rings. The van der Waals surface area contributed by atoms with Crippen molar-refractivity contribution < 1.29 is 22.7 Å². The Balaban J connectivity index is 1.91. The highest BCUT2D eigenvalue weighted by Gasteiger charge is 2.35. The Morgan fingerprint density at radius 3 is 2.23 bits per heavy atom. The van der Waals surface area contributed by atoms with Crippen LogP contribution in [-0.4, -0.2) is 56.0 Å². The third kappa shape index (κ3) is 5.05. The van der Waals surface area contributed by atoms with Crippen LogP contribution in [0.1, 0.15) is 57.8 Å². The number of pyridine rings is 1. The average Bonchev–Trinajstić information content (AvgIpc) is 2.97. The van der Waals surface area contributed by atoms with Gasteiger partial charge < -0.3 is 15.0 Å². The van der Waals surface area contributed by atoms with Crippen molar-refractivity contribution in [1.29, 1.82) is 0 Å². The first-order valence-corrected chi connectivity index (χ1v) is 14.2. The summed E-state index contributed by atoms with van der Waals surface area (Å²) in [5.74, 6) is -4.27. The van der Waals surface area contributed by atoms with Gasteiger partial charge in [0.25, 0.3) is 0 Å². The molecule has 5 rings (SSSR count). The van der Waals surface area contributed by atoms with Gasteiger partial charge >= 0.3 is 11.3 Å². The zero-order valence-corrected chi connectivity index (χ0v) is 25.0. The number of fused-ring (bicyclic) bond motifs is 1. The second kappa shape index (κ2) is 11.7. The highest BCUT2D eigenvalue weighted by Crippen LogP contribution is 2.34. The molecule has 0 aliphatic carbocycles. The molecular formula is C31H32F3N7O3. The fourth-order valence-electron chi connectivity index (χ4n) is 5.69. The van der Waals surface area contributed by atoms with Crippen LogP contribution in [0.5, 0.6) is 0 Å². The van der Waals surface area contributed by atoms with Gasteiger partial charge in [-0.05, 0) is 43.0 Å². The molecule has 1 saturated heterocycles. The molecule has 1 aliphatic heterocycles. The van der Waals surface area contributed by atoms with Crippen LogP contribution >= 0.6 is 0 Å². The number of aromatic nitrogens is 5. The van der Waals surface area contributed by atoms with Gasteiger partial charge in [0.05, 0.1) is 17.0 Å². The summed E-state index contributed by atoms with van der Waals surface area (Å²) in [6, 6.07) is 3.49. The van der Waals surface area contributed by atoms with E-state index in [4.69, 9.17) is 0 Å². The number of benzene rings is 1. The van der Waals surface area contributed by atoms with Gasteiger partial charge in [0.1, 0.15) is 23.3 Å². The lowest BCUT2D eigenvalue weighted by molar-refractivity contribution is -0.569. The number of carbonyl (C=O) groups excluding carboxylic acids is 1. The Morgan fingerprint density at radius 2 is 1.68 bits per heavy atom. The number of nitrogens with zero attached hydrogens (tertiary/aromatic N) is 7. The third-order valence-corrected chi connectivity index (χ3v) is 7.76. The zero-order chi connectivity index (χ0) is 32.0. The van der Waals surface area contributed by atoms with E-state index in [9.17, 15) is 23.6 Å². The van der Waals surface area contributed by atoms with Crippen LogP contribution in [0, 0.1) is 22.7 Å². The van der Waals surface area contributed by atoms with E-state index in [1.54, 1.807) is 16.7 Å². The van der Waals surface area contributed by atoms with E-state index in [1.165, 1.54) is 12.4 Å². The standard InChI is InChI=1S/C31H32F3N7O3/c1-7-23(42)38-11-12-39(18(6)14-38)29-19-13-22(34)27(24-20(32)9-8-10-21(24)33)41(44)30(19)40(31(43)37-29)28-25(16(2)3)35-15-36-26(28)17(4)5/h7-10,13,15-18H,1,11-12,14H2,2-6H3/t18-/m0/s1. The van der Waals surface area contributed by atoms with E-state index >= 15 is 4.39 Å². The van der Waals surface area contributed by atoms with Crippen molar-refractivity contribution in [2.45, 2.75) is 52.5 Å². The van der Waals surface area contributed by atoms with Gasteiger partial charge in [0.2, 0.25) is 5.91 Å². The van der Waals surface area contributed by atoms with Crippen LogP contribution in [0.2, 0.25) is 0 Å². The summed E-state index contributed by atoms with van der Waals surface area (Å²) in [6.45, 7) is 13.4. The first-order valence-electron chi connectivity index (χ1n) is 14.2. The number of anilines is 1. The van der Waals surface area contributed by atoms with E-state index in [1.807, 2.05) is 27.7 Å². The molecule has 1 amide bonds. The minimum absolute atomic E-state index is 0.00227. The summed E-state index contributed by atoms with van der Waals surface area (Å²) < 4.78 is 47.0. The largest absolute Gasteiger partial charge is 0.710 e. The summed E-state index contributed by atoms with van der Waals surface area (Å²) in [5.41, 5.74) is -2.04. The van der Waals surface area contributed by atoms with Crippen molar-refractivity contribution in [1.82, 2.24) is 24.4 Å². The molecule has 44 heavy (non-hydrogen) atoms. The SMILES string of the molecule is C=CC(=O)N1CCN(c2nc(=O)n(-c3c(C(C)C)ncnc3C(C)C)c3c2cc(F)c(-c2c(F)cccc2F)[n+]3[O-])[C@@H](C)C1. The minimum Gasteiger partial charge on any atom is -0.710 e. The molecule has 1 aliphatic rings. The fraction of sp³-hybridized carbons (Fsp3) is 0.355. The molecule has 10 nitrogen and oxygen atoms in total. The second-order valence-corrected chi connectivity index (χ2v) is 11.4. The molecule has 1 atom stereocenters. The summed E-state index contributed by atoms with van der Waals surface area (Å²) in [6.07, 6.45) is 2.57. The number of rotatable bonds is 6. The molecule has 4 heterocycles. The van der Waals surface area contributed by atoms with Crippen molar-refractivity contribution in [3.8, 4) is 16.9 Å². The number of hydrogen-bond donors (Lipinski definition) is 0. The Bertz CT molecular complexity index is 1810. The summed E-state index contributed by atoms with van der Waals surface area (Å²) in [5, 5.41) is 14.2. The Hall–Kier alpha value is -4.81. The van der Waals surface area contributed by atoms with E-state index in [2.05, 4.69) is 21.5 Å². The predicted octanol–water partition coefficient (Wildman–Crippen LogP) is 4.36. The highest BCUT2D eigenvalue weighted by molar-refractivity contribution is 5.89. The fourth-order valence-corrected chi connectivity index (χ4v) is 5.69. The summed E-state index contributed by atoms with van der Waals surface area (Å²) in [7, 11) is 0. The molecule has 1 aromatic carbocycles. The summed E-state index contributed by atoms with van der Waals surface area (Å²) in [4.78, 5) is 42.8. The monoisotopic (exact) mass is 607 g/mol. The van der Waals surface area contributed by atoms with Gasteiger partial charge in [-0.2, -0.15) is 4.98 Å². The molecule has 3 aromatic heterocycles. The molecule has 230 valence electrons. The van der Waals surface area contributed by atoms with E-state index in [-0.39, 0.29) is 59.0 Å². The number of carbonyl (C=O) groups is 1. The van der Waals surface area contributed by atoms with Crippen LogP contribution in [0.3, 0.4) is 0 Å². The zero-order valence-electron chi connectivity index (χ0n) is 25.0. The van der Waals surface area contributed by atoms with Crippen LogP contribution in [0.15, 0.2) is 48.0 Å². The van der Waals surface area contributed by atoms with Gasteiger partial charge in [0.15, 0.2) is 23.0 Å². The summed E-state index contributed by atoms with van der Waals surface area (Å²) >= 11 is 0. The van der Waals surface area contributed by atoms with E-state index < -0.39 is 46.1 Å². The number of halogens is 3. The molecule has 1 fully saturated rings. The first-order chi connectivity index (χ1) is 20.9. The number of amides is 1. The van der Waals surface area contributed by atoms with Gasteiger partial charge in [-0.15, -0.1) is 4.57 Å². The topological polar surface area (TPSA) is 111 Å². The molecule has 0 radical (unpaired) electrons. The van der Waals surface area contributed by atoms with Crippen molar-refractivity contribution >= 4 is 22.8 Å². The van der Waals surface area contributed by atoms with Crippen LogP contribution in [0.4, 0.5) is 19.0 Å². The lowest BCUT2D eigenvalue weighted by atomic mass is 10.0. The third-order valence-electron chi connectivity index (χ3n) is 7.76. The minimum atomic E-state index is -1.21. The highest BCUT2D eigenvalue weighted by atomic mass is 19.1. The molecule has 13 heteroatoms. The second-order valence-electron chi connectivity index (χ2n) is 11.4. The predicted molar refractivity (Wildman–Crippen MR) is 159 cm³/mol. The maximum Gasteiger partial charge on any atom is 0.442 e. The number of piperazine rings is 1. The normalized spacial score (nSPS) is 15.5. The smallest absolute Gasteiger partial charge is 0.442 e. The number of hydrogen-bond acceptors (Lipinski definition) is 7. The molecule has 0 saturated carbocycles. The maximum absolute atomic E-state index is 16.0. The van der Waals surface area contributed by atoms with Crippen molar-refractivity contribution in [3.63, 3.8) is 0 Å². The van der Waals surface area contributed by atoms with Crippen molar-refractivity contribution in [2.75, 3.05) is 24.5 Å². The molecule has 0 bridgehead atoms. The lowest BCUT2D eigenvalue weighted by Gasteiger charge is -2.40. The Kier molecular flexibility index (Phi) is 8.15. The Labute approximate surface area is 251 Å². The molecular weight excluding hydrogens is 575 g/mol. The molecule has 0 N–H and O–H groups in total. The lowest BCUT2D eigenvalue weighted by Crippen LogP contribution is -2.54. The maximum atomic E-state index is 16.0. The van der Waals surface area contributed by atoms with Crippen LogP contribution in [0.25, 0.3) is 28.0 Å². The average molecular weight is 608 g/mol. The van der Waals surface area contributed by atoms with E-state index in [0.29, 0.717) is 11.4 Å². The van der Waals surface area contributed by atoms with Crippen LogP contribution in [-0.2, 0) is 4.79 Å². The Morgan fingerprint density at radius 1 is 1.07 bits per heavy atom. The van der Waals surface area contributed by atoms with Gasteiger partial charge in [0, 0.05) is 25.7 Å². The van der Waals surface area contributed by atoms with Gasteiger partial charge in [-0.25, -0.2) is 32.7 Å². The van der Waals surface area contributed by atoms with Crippen LogP contribution < -0.4 is 15.3 Å².